The molecule has 0 aliphatic heterocycles. The topological polar surface area (TPSA) is 171 Å². The van der Waals surface area contributed by atoms with E-state index in [0.29, 0.717) is 23.4 Å². The van der Waals surface area contributed by atoms with E-state index in [0.717, 1.165) is 16.7 Å². The quantitative estimate of drug-likeness (QED) is 0.328. The number of aliphatic hydroxyl groups excluding tert-OH is 2. The SMILES string of the molecule is COc1ccc(CN(C)C)cc1-c1cc(C(C)(C)C)c(O)c2c1C[C@H]1C[C@H]3CC(O)C(C(N)=O)C(=O)[C@@]3(O)C(=O)C1=C2O. The zero-order chi connectivity index (χ0) is 31.8. The minimum atomic E-state index is -2.62. The third-order valence-corrected chi connectivity index (χ3v) is 9.25. The first-order valence-corrected chi connectivity index (χ1v) is 14.5. The van der Waals surface area contributed by atoms with Gasteiger partial charge in [-0.05, 0) is 79.6 Å². The molecule has 2 aromatic carbocycles. The van der Waals surface area contributed by atoms with Gasteiger partial charge in [-0.3, -0.25) is 14.4 Å². The smallest absolute Gasteiger partial charge is 0.230 e. The summed E-state index contributed by atoms with van der Waals surface area (Å²) in [4.78, 5) is 41.4. The summed E-state index contributed by atoms with van der Waals surface area (Å²) in [5, 5.41) is 45.6. The number of carbonyl (C=O) groups excluding carboxylic acids is 3. The normalized spacial score (nSPS) is 27.1. The highest BCUT2D eigenvalue weighted by atomic mass is 16.5. The van der Waals surface area contributed by atoms with Crippen LogP contribution in [0.4, 0.5) is 0 Å². The maximum Gasteiger partial charge on any atom is 0.230 e. The number of Topliss-reactive ketones (excluding diaryl/α,β-unsaturated/α-hetero) is 2. The number of carbonyl (C=O) groups is 3. The lowest BCUT2D eigenvalue weighted by atomic mass is 9.56. The fraction of sp³-hybridized carbons (Fsp3) is 0.485. The van der Waals surface area contributed by atoms with Gasteiger partial charge in [0.25, 0.3) is 0 Å². The predicted molar refractivity (Wildman–Crippen MR) is 159 cm³/mol. The van der Waals surface area contributed by atoms with E-state index in [-0.39, 0.29) is 36.1 Å². The highest BCUT2D eigenvalue weighted by molar-refractivity contribution is 6.24. The molecule has 2 saturated carbocycles. The van der Waals surface area contributed by atoms with Crippen molar-refractivity contribution in [3.63, 3.8) is 0 Å². The van der Waals surface area contributed by atoms with Crippen LogP contribution in [0.3, 0.4) is 0 Å². The minimum Gasteiger partial charge on any atom is -0.507 e. The zero-order valence-electron chi connectivity index (χ0n) is 25.4. The molecule has 2 unspecified atom stereocenters. The molecule has 2 aromatic rings. The fourth-order valence-corrected chi connectivity index (χ4v) is 7.23. The molecule has 0 radical (unpaired) electrons. The molecule has 5 atom stereocenters. The van der Waals surface area contributed by atoms with Crippen molar-refractivity contribution in [2.24, 2.45) is 23.5 Å². The molecule has 2 fully saturated rings. The van der Waals surface area contributed by atoms with Gasteiger partial charge in [0.2, 0.25) is 11.7 Å². The number of rotatable bonds is 5. The van der Waals surface area contributed by atoms with E-state index in [1.807, 2.05) is 64.0 Å². The second-order valence-corrected chi connectivity index (χ2v) is 13.4. The third-order valence-electron chi connectivity index (χ3n) is 9.25. The van der Waals surface area contributed by atoms with Crippen molar-refractivity contribution in [3.05, 3.63) is 52.1 Å². The Morgan fingerprint density at radius 2 is 1.79 bits per heavy atom. The van der Waals surface area contributed by atoms with E-state index in [2.05, 4.69) is 0 Å². The zero-order valence-corrected chi connectivity index (χ0v) is 25.4. The molecular formula is C33H40N2O8. The Bertz CT molecular complexity index is 1570. The van der Waals surface area contributed by atoms with E-state index in [1.165, 1.54) is 0 Å². The van der Waals surface area contributed by atoms with Crippen molar-refractivity contribution >= 4 is 23.2 Å². The molecule has 3 aliphatic carbocycles. The first kappa shape index (κ1) is 30.7. The highest BCUT2D eigenvalue weighted by Gasteiger charge is 2.64. The van der Waals surface area contributed by atoms with Crippen molar-refractivity contribution in [1.82, 2.24) is 4.90 Å². The van der Waals surface area contributed by atoms with Gasteiger partial charge in [0, 0.05) is 29.2 Å². The van der Waals surface area contributed by atoms with Crippen molar-refractivity contribution in [2.45, 2.75) is 63.7 Å². The monoisotopic (exact) mass is 592 g/mol. The number of ether oxygens (including phenoxy) is 1. The Morgan fingerprint density at radius 3 is 2.37 bits per heavy atom. The van der Waals surface area contributed by atoms with E-state index >= 15 is 0 Å². The molecule has 0 heterocycles. The number of ketones is 2. The Morgan fingerprint density at radius 1 is 1.12 bits per heavy atom. The summed E-state index contributed by atoms with van der Waals surface area (Å²) in [7, 11) is 5.51. The van der Waals surface area contributed by atoms with Crippen molar-refractivity contribution in [3.8, 4) is 22.6 Å². The summed E-state index contributed by atoms with van der Waals surface area (Å²) in [5.74, 6) is -6.76. The lowest BCUT2D eigenvalue weighted by Gasteiger charge is -2.48. The van der Waals surface area contributed by atoms with Crippen molar-refractivity contribution in [2.75, 3.05) is 21.2 Å². The molecule has 0 saturated heterocycles. The largest absolute Gasteiger partial charge is 0.507 e. The molecule has 0 spiro atoms. The summed E-state index contributed by atoms with van der Waals surface area (Å²) in [6, 6.07) is 7.76. The van der Waals surface area contributed by atoms with E-state index in [9.17, 15) is 34.8 Å². The van der Waals surface area contributed by atoms with E-state index in [4.69, 9.17) is 10.5 Å². The number of aromatic hydroxyl groups is 1. The van der Waals surface area contributed by atoms with Gasteiger partial charge in [0.05, 0.1) is 18.8 Å². The molecule has 0 bridgehead atoms. The van der Waals surface area contributed by atoms with Crippen LogP contribution < -0.4 is 10.5 Å². The lowest BCUT2D eigenvalue weighted by molar-refractivity contribution is -0.174. The van der Waals surface area contributed by atoms with Gasteiger partial charge < -0.3 is 35.8 Å². The van der Waals surface area contributed by atoms with Crippen molar-refractivity contribution < 1.29 is 39.5 Å². The van der Waals surface area contributed by atoms with Crippen LogP contribution in [0.1, 0.15) is 55.9 Å². The Hall–Kier alpha value is -3.73. The number of phenolic OH excluding ortho intramolecular Hbond substituents is 1. The maximum atomic E-state index is 14.0. The Labute approximate surface area is 250 Å². The number of nitrogens with zero attached hydrogens (tertiary/aromatic N) is 1. The van der Waals surface area contributed by atoms with Gasteiger partial charge in [-0.2, -0.15) is 0 Å². The van der Waals surface area contributed by atoms with Crippen LogP contribution in [-0.4, -0.2) is 75.7 Å². The molecule has 5 rings (SSSR count). The summed E-state index contributed by atoms with van der Waals surface area (Å²) in [6.45, 7) is 6.42. The van der Waals surface area contributed by atoms with Crippen LogP contribution in [-0.2, 0) is 32.8 Å². The molecule has 10 heteroatoms. The number of hydrogen-bond donors (Lipinski definition) is 5. The van der Waals surface area contributed by atoms with E-state index < -0.39 is 58.1 Å². The fourth-order valence-electron chi connectivity index (χ4n) is 7.23. The lowest BCUT2D eigenvalue weighted by Crippen LogP contribution is -2.66. The molecule has 10 nitrogen and oxygen atoms in total. The first-order valence-electron chi connectivity index (χ1n) is 14.5. The average Bonchev–Trinajstić information content (AvgIpc) is 2.89. The van der Waals surface area contributed by atoms with Gasteiger partial charge in [0.1, 0.15) is 23.2 Å². The molecule has 3 aliphatic rings. The Balaban J connectivity index is 1.77. The first-order chi connectivity index (χ1) is 20.0. The number of amides is 1. The van der Waals surface area contributed by atoms with Crippen LogP contribution in [0.25, 0.3) is 16.9 Å². The molecule has 0 aromatic heterocycles. The van der Waals surface area contributed by atoms with Crippen LogP contribution in [0.5, 0.6) is 11.5 Å². The van der Waals surface area contributed by atoms with Crippen LogP contribution in [0, 0.1) is 17.8 Å². The summed E-state index contributed by atoms with van der Waals surface area (Å²) >= 11 is 0. The van der Waals surface area contributed by atoms with Gasteiger partial charge in [-0.25, -0.2) is 0 Å². The van der Waals surface area contributed by atoms with Gasteiger partial charge in [-0.1, -0.05) is 26.8 Å². The number of benzene rings is 2. The third kappa shape index (κ3) is 4.72. The minimum absolute atomic E-state index is 0.0684. The molecular weight excluding hydrogens is 552 g/mol. The van der Waals surface area contributed by atoms with Gasteiger partial charge in [0.15, 0.2) is 11.4 Å². The average molecular weight is 593 g/mol. The highest BCUT2D eigenvalue weighted by Crippen LogP contribution is 2.54. The molecule has 43 heavy (non-hydrogen) atoms. The maximum absolute atomic E-state index is 14.0. The van der Waals surface area contributed by atoms with Crippen LogP contribution >= 0.6 is 0 Å². The number of hydrogen-bond acceptors (Lipinski definition) is 9. The second kappa shape index (κ2) is 10.5. The van der Waals surface area contributed by atoms with Crippen molar-refractivity contribution in [1.29, 1.82) is 0 Å². The van der Waals surface area contributed by atoms with Crippen LogP contribution in [0.2, 0.25) is 0 Å². The number of primary amides is 1. The number of aliphatic hydroxyl groups is 3. The summed E-state index contributed by atoms with van der Waals surface area (Å²) in [5.41, 5.74) is 5.69. The molecule has 6 N–H and O–H groups in total. The number of methoxy groups -OCH3 is 1. The van der Waals surface area contributed by atoms with Crippen LogP contribution in [0.15, 0.2) is 29.8 Å². The van der Waals surface area contributed by atoms with Gasteiger partial charge >= 0.3 is 0 Å². The standard InChI is InChI=1S/C33H40N2O8/c1-32(2,3)21-13-18(19-9-15(14-35(4)5)7-8-23(19)43-6)20-11-16-10-17-12-22(36)26(31(34)41)30(40)33(17,42)29(39)24(16)28(38)25(20)27(21)37/h7-9,13,16-17,22,26,36-38,42H,10-12,14H2,1-6H3,(H2,34,41)/t16-,17+,22?,26?,33+/m1/s1. The van der Waals surface area contributed by atoms with Gasteiger partial charge in [-0.15, -0.1) is 0 Å². The predicted octanol–water partition coefficient (Wildman–Crippen LogP) is 2.62. The second-order valence-electron chi connectivity index (χ2n) is 13.4. The number of fused-ring (bicyclic) bond motifs is 3. The Kier molecular flexibility index (Phi) is 7.48. The van der Waals surface area contributed by atoms with E-state index in [1.54, 1.807) is 7.11 Å². The number of phenols is 1. The number of nitrogens with two attached hydrogens (primary N) is 1. The molecule has 230 valence electrons. The summed E-state index contributed by atoms with van der Waals surface area (Å²) in [6.07, 6.45) is -1.31. The molecule has 1 amide bonds. The summed E-state index contributed by atoms with van der Waals surface area (Å²) < 4.78 is 5.75.